The molecule has 0 saturated heterocycles. The zero-order valence-electron chi connectivity index (χ0n) is 15.8. The van der Waals surface area contributed by atoms with E-state index in [9.17, 15) is 9.90 Å². The third-order valence-corrected chi connectivity index (χ3v) is 5.27. The molecule has 0 spiro atoms. The summed E-state index contributed by atoms with van der Waals surface area (Å²) in [7, 11) is 0. The number of phenolic OH excluding ortho intramolecular Hbond substituents is 1. The van der Waals surface area contributed by atoms with Crippen molar-refractivity contribution in [3.05, 3.63) is 113 Å². The molecule has 0 aliphatic carbocycles. The Bertz CT molecular complexity index is 1150. The quantitative estimate of drug-likeness (QED) is 0.442. The second-order valence-corrected chi connectivity index (χ2v) is 7.36. The van der Waals surface area contributed by atoms with Gasteiger partial charge in [0.05, 0.1) is 0 Å². The van der Waals surface area contributed by atoms with Crippen LogP contribution < -0.4 is 0 Å². The molecule has 0 atom stereocenters. The minimum atomic E-state index is -0.0604. The first-order valence-electron chi connectivity index (χ1n) is 9.40. The lowest BCUT2D eigenvalue weighted by atomic mass is 10.0. The molecule has 3 nitrogen and oxygen atoms in total. The van der Waals surface area contributed by atoms with Crippen molar-refractivity contribution in [2.24, 2.45) is 0 Å². The zero-order chi connectivity index (χ0) is 20.2. The van der Waals surface area contributed by atoms with Gasteiger partial charge >= 0.3 is 0 Å². The summed E-state index contributed by atoms with van der Waals surface area (Å²) in [5.74, 6) is 0.0449. The van der Waals surface area contributed by atoms with Crippen molar-refractivity contribution in [3.63, 3.8) is 0 Å². The van der Waals surface area contributed by atoms with Gasteiger partial charge in [-0.3, -0.25) is 4.79 Å². The number of carbonyl (C=O) groups is 1. The van der Waals surface area contributed by atoms with Gasteiger partial charge in [-0.25, -0.2) is 0 Å². The van der Waals surface area contributed by atoms with E-state index in [0.29, 0.717) is 23.7 Å². The molecule has 4 aromatic rings. The number of hydrogen-bond donors (Lipinski definition) is 1. The third kappa shape index (κ3) is 4.25. The predicted octanol–water partition coefficient (Wildman–Crippen LogP) is 6.04. The van der Waals surface area contributed by atoms with Gasteiger partial charge in [0.1, 0.15) is 5.75 Å². The maximum atomic E-state index is 13.6. The molecule has 4 rings (SSSR count). The molecule has 1 amide bonds. The van der Waals surface area contributed by atoms with Crippen LogP contribution in [0.4, 0.5) is 0 Å². The molecule has 0 unspecified atom stereocenters. The van der Waals surface area contributed by atoms with Crippen LogP contribution in [0.1, 0.15) is 21.5 Å². The van der Waals surface area contributed by atoms with Crippen LogP contribution in [0.2, 0.25) is 5.02 Å². The second-order valence-electron chi connectivity index (χ2n) is 6.95. The summed E-state index contributed by atoms with van der Waals surface area (Å²) >= 11 is 6.32. The minimum absolute atomic E-state index is 0.0604. The molecule has 0 bridgehead atoms. The largest absolute Gasteiger partial charge is 0.508 e. The summed E-state index contributed by atoms with van der Waals surface area (Å²) in [5, 5.41) is 12.0. The SMILES string of the molecule is O=C(c1cccc2ccccc12)N(Cc1ccccc1)Cc1ccc(O)cc1Cl. The highest BCUT2D eigenvalue weighted by atomic mass is 35.5. The van der Waals surface area contributed by atoms with Gasteiger partial charge in [0.25, 0.3) is 5.91 Å². The first-order chi connectivity index (χ1) is 14.1. The third-order valence-electron chi connectivity index (χ3n) is 4.92. The standard InChI is InChI=1S/C25H20ClNO2/c26-24-15-21(28)14-13-20(24)17-27(16-18-7-2-1-3-8-18)25(29)23-12-6-10-19-9-4-5-11-22(19)23/h1-15,28H,16-17H2. The van der Waals surface area contributed by atoms with Crippen LogP contribution in [-0.4, -0.2) is 15.9 Å². The van der Waals surface area contributed by atoms with Gasteiger partial charge < -0.3 is 10.0 Å². The molecule has 4 aromatic carbocycles. The van der Waals surface area contributed by atoms with Crippen LogP contribution in [0.15, 0.2) is 91.0 Å². The fourth-order valence-corrected chi connectivity index (χ4v) is 3.69. The smallest absolute Gasteiger partial charge is 0.255 e. The Morgan fingerprint density at radius 3 is 2.34 bits per heavy atom. The number of hydrogen-bond acceptors (Lipinski definition) is 2. The lowest BCUT2D eigenvalue weighted by molar-refractivity contribution is 0.0732. The molecule has 0 aliphatic rings. The normalized spacial score (nSPS) is 10.8. The van der Waals surface area contributed by atoms with Crippen LogP contribution in [0.3, 0.4) is 0 Å². The number of phenols is 1. The Labute approximate surface area is 174 Å². The topological polar surface area (TPSA) is 40.5 Å². The molecule has 29 heavy (non-hydrogen) atoms. The van der Waals surface area contributed by atoms with Crippen LogP contribution in [-0.2, 0) is 13.1 Å². The van der Waals surface area contributed by atoms with Gasteiger partial charge in [0.15, 0.2) is 0 Å². The van der Waals surface area contributed by atoms with E-state index in [1.807, 2.05) is 72.8 Å². The zero-order valence-corrected chi connectivity index (χ0v) is 16.5. The lowest BCUT2D eigenvalue weighted by Gasteiger charge is -2.24. The predicted molar refractivity (Wildman–Crippen MR) is 117 cm³/mol. The molecule has 0 aromatic heterocycles. The molecule has 144 valence electrons. The van der Waals surface area contributed by atoms with Gasteiger partial charge in [-0.05, 0) is 40.1 Å². The monoisotopic (exact) mass is 401 g/mol. The van der Waals surface area contributed by atoms with Crippen molar-refractivity contribution >= 4 is 28.3 Å². The van der Waals surface area contributed by atoms with E-state index >= 15 is 0 Å². The van der Waals surface area contributed by atoms with Gasteiger partial charge in [-0.15, -0.1) is 0 Å². The number of rotatable bonds is 5. The number of nitrogens with zero attached hydrogens (tertiary/aromatic N) is 1. The Hall–Kier alpha value is -3.30. The van der Waals surface area contributed by atoms with Crippen molar-refractivity contribution in [1.82, 2.24) is 4.90 Å². The molecule has 0 saturated carbocycles. The number of halogens is 1. The second kappa shape index (κ2) is 8.38. The van der Waals surface area contributed by atoms with Crippen LogP contribution in [0.25, 0.3) is 10.8 Å². The maximum Gasteiger partial charge on any atom is 0.255 e. The van der Waals surface area contributed by atoms with Gasteiger partial charge in [0, 0.05) is 23.7 Å². The Morgan fingerprint density at radius 2 is 1.55 bits per heavy atom. The summed E-state index contributed by atoms with van der Waals surface area (Å²) < 4.78 is 0. The average molecular weight is 402 g/mol. The van der Waals surface area contributed by atoms with Crippen LogP contribution >= 0.6 is 11.6 Å². The Balaban J connectivity index is 1.73. The van der Waals surface area contributed by atoms with Crippen LogP contribution in [0.5, 0.6) is 5.75 Å². The fraction of sp³-hybridized carbons (Fsp3) is 0.0800. The molecule has 0 heterocycles. The van der Waals surface area contributed by atoms with E-state index in [0.717, 1.165) is 21.9 Å². The van der Waals surface area contributed by atoms with E-state index in [2.05, 4.69) is 0 Å². The van der Waals surface area contributed by atoms with Gasteiger partial charge in [-0.2, -0.15) is 0 Å². The lowest BCUT2D eigenvalue weighted by Crippen LogP contribution is -2.30. The van der Waals surface area contributed by atoms with Crippen molar-refractivity contribution in [2.75, 3.05) is 0 Å². The van der Waals surface area contributed by atoms with E-state index in [1.54, 1.807) is 17.0 Å². The van der Waals surface area contributed by atoms with E-state index in [-0.39, 0.29) is 11.7 Å². The number of amides is 1. The van der Waals surface area contributed by atoms with Gasteiger partial charge in [-0.1, -0.05) is 84.4 Å². The first-order valence-corrected chi connectivity index (χ1v) is 9.78. The summed E-state index contributed by atoms with van der Waals surface area (Å²) in [4.78, 5) is 15.4. The van der Waals surface area contributed by atoms with Crippen molar-refractivity contribution in [2.45, 2.75) is 13.1 Å². The summed E-state index contributed by atoms with van der Waals surface area (Å²) in [6, 6.07) is 28.4. The Kier molecular flexibility index (Phi) is 5.50. The molecule has 1 N–H and O–H groups in total. The Morgan fingerprint density at radius 1 is 0.828 bits per heavy atom. The summed E-state index contributed by atoms with van der Waals surface area (Å²) in [6.07, 6.45) is 0. The number of carbonyl (C=O) groups excluding carboxylic acids is 1. The highest BCUT2D eigenvalue weighted by Crippen LogP contribution is 2.26. The van der Waals surface area contributed by atoms with E-state index in [4.69, 9.17) is 11.6 Å². The fourth-order valence-electron chi connectivity index (χ4n) is 3.46. The van der Waals surface area contributed by atoms with Gasteiger partial charge in [0.2, 0.25) is 0 Å². The molecule has 0 aliphatic heterocycles. The molecule has 0 fully saturated rings. The number of fused-ring (bicyclic) bond motifs is 1. The van der Waals surface area contributed by atoms with E-state index < -0.39 is 0 Å². The number of aromatic hydroxyl groups is 1. The van der Waals surface area contributed by atoms with Crippen molar-refractivity contribution in [3.8, 4) is 5.75 Å². The van der Waals surface area contributed by atoms with Crippen molar-refractivity contribution in [1.29, 1.82) is 0 Å². The summed E-state index contributed by atoms with van der Waals surface area (Å²) in [6.45, 7) is 0.802. The highest BCUT2D eigenvalue weighted by Gasteiger charge is 2.20. The summed E-state index contributed by atoms with van der Waals surface area (Å²) in [5.41, 5.74) is 2.49. The number of benzene rings is 4. The molecule has 4 heteroatoms. The van der Waals surface area contributed by atoms with E-state index in [1.165, 1.54) is 6.07 Å². The molecular weight excluding hydrogens is 382 g/mol. The minimum Gasteiger partial charge on any atom is -0.508 e. The van der Waals surface area contributed by atoms with Crippen molar-refractivity contribution < 1.29 is 9.90 Å². The maximum absolute atomic E-state index is 13.6. The first kappa shape index (κ1) is 19.0. The molecular formula is C25H20ClNO2. The highest BCUT2D eigenvalue weighted by molar-refractivity contribution is 6.31. The van der Waals surface area contributed by atoms with Crippen LogP contribution in [0, 0.1) is 0 Å². The average Bonchev–Trinajstić information content (AvgIpc) is 2.75. The molecule has 0 radical (unpaired) electrons.